The predicted octanol–water partition coefficient (Wildman–Crippen LogP) is 15.8. The van der Waals surface area contributed by atoms with E-state index < -0.39 is 0 Å². The second kappa shape index (κ2) is 30.1. The Bertz CT molecular complexity index is 1030. The molecule has 0 amide bonds. The Morgan fingerprint density at radius 3 is 0.800 bits per heavy atom. The quantitative estimate of drug-likeness (QED) is 0.0672. The molecule has 0 saturated heterocycles. The minimum Gasteiger partial charge on any atom is -0.490 e. The molecule has 4 nitrogen and oxygen atoms in total. The zero-order valence-electron chi connectivity index (χ0n) is 32.5. The van der Waals surface area contributed by atoms with Gasteiger partial charge in [0.15, 0.2) is 23.0 Å². The lowest BCUT2D eigenvalue weighted by Crippen LogP contribution is -2.04. The average molecular weight is 825 g/mol. The lowest BCUT2D eigenvalue weighted by molar-refractivity contribution is 0.258. The maximum absolute atomic E-state index is 6.47. The van der Waals surface area contributed by atoms with Gasteiger partial charge in [-0.15, -0.1) is 0 Å². The zero-order valence-corrected chi connectivity index (χ0v) is 35.7. The lowest BCUT2D eigenvalue weighted by atomic mass is 10.0. The molecule has 0 aliphatic carbocycles. The second-order valence-electron chi connectivity index (χ2n) is 14.0. The van der Waals surface area contributed by atoms with Crippen LogP contribution in [0.2, 0.25) is 0 Å². The summed E-state index contributed by atoms with van der Waals surface area (Å²) in [6.07, 6.45) is 29.7. The van der Waals surface area contributed by atoms with Crippen LogP contribution in [-0.4, -0.2) is 26.4 Å². The Balaban J connectivity index is 2.25. The topological polar surface area (TPSA) is 36.9 Å². The van der Waals surface area contributed by atoms with E-state index >= 15 is 0 Å². The molecule has 0 heterocycles. The largest absolute Gasteiger partial charge is 0.490 e. The second-order valence-corrected chi connectivity index (χ2v) is 15.7. The molecule has 0 N–H and O–H groups in total. The molecule has 2 aromatic rings. The van der Waals surface area contributed by atoms with Gasteiger partial charge in [0.2, 0.25) is 0 Å². The van der Waals surface area contributed by atoms with Gasteiger partial charge in [0, 0.05) is 20.1 Å². The summed E-state index contributed by atoms with van der Waals surface area (Å²) in [6.45, 7) is 11.9. The highest BCUT2D eigenvalue weighted by Crippen LogP contribution is 2.45. The van der Waals surface area contributed by atoms with Crippen LogP contribution in [0.15, 0.2) is 33.2 Å². The lowest BCUT2D eigenvalue weighted by Gasteiger charge is -2.19. The van der Waals surface area contributed by atoms with Gasteiger partial charge in [-0.25, -0.2) is 0 Å². The fourth-order valence-electron chi connectivity index (χ4n) is 6.19. The van der Waals surface area contributed by atoms with Crippen molar-refractivity contribution in [1.82, 2.24) is 0 Å². The minimum atomic E-state index is 0.694. The molecule has 0 atom stereocenters. The first-order valence-electron chi connectivity index (χ1n) is 20.7. The molecule has 0 fully saturated rings. The maximum Gasteiger partial charge on any atom is 0.162 e. The summed E-state index contributed by atoms with van der Waals surface area (Å²) < 4.78 is 27.6. The summed E-state index contributed by atoms with van der Waals surface area (Å²) in [5.74, 6) is 3.25. The Labute approximate surface area is 324 Å². The molecule has 0 aliphatic heterocycles. The van der Waals surface area contributed by atoms with Crippen LogP contribution in [0.1, 0.15) is 182 Å². The van der Waals surface area contributed by atoms with E-state index in [9.17, 15) is 0 Å². The SMILES string of the molecule is CCCCCCCCOc1cc(Br)c(-c2cc(OCCCCCCCC)c(OCCCCCCCC)cc2Br)cc1OCCCCCCCC. The fraction of sp³-hybridized carbons (Fsp3) is 0.727. The highest BCUT2D eigenvalue weighted by molar-refractivity contribution is 9.11. The summed E-state index contributed by atoms with van der Waals surface area (Å²) >= 11 is 7.81. The average Bonchev–Trinajstić information content (AvgIpc) is 3.11. The van der Waals surface area contributed by atoms with Gasteiger partial charge in [-0.1, -0.05) is 188 Å². The van der Waals surface area contributed by atoms with Gasteiger partial charge in [-0.3, -0.25) is 0 Å². The van der Waals surface area contributed by atoms with E-state index in [4.69, 9.17) is 18.9 Å². The molecule has 0 spiro atoms. The first kappa shape index (κ1) is 44.8. The highest BCUT2D eigenvalue weighted by atomic mass is 79.9. The predicted molar refractivity (Wildman–Crippen MR) is 223 cm³/mol. The molecular formula is C44H72Br2O4. The molecule has 2 aromatic carbocycles. The first-order chi connectivity index (χ1) is 24.5. The van der Waals surface area contributed by atoms with Gasteiger partial charge in [-0.05, 0) is 49.9 Å². The molecule has 0 bridgehead atoms. The first-order valence-corrected chi connectivity index (χ1v) is 22.3. The summed E-state index contributed by atoms with van der Waals surface area (Å²) in [7, 11) is 0. The summed E-state index contributed by atoms with van der Waals surface area (Å²) in [5, 5.41) is 0. The van der Waals surface area contributed by atoms with E-state index in [0.29, 0.717) is 26.4 Å². The molecule has 0 unspecified atom stereocenters. The molecule has 2 rings (SSSR count). The van der Waals surface area contributed by atoms with Gasteiger partial charge < -0.3 is 18.9 Å². The van der Waals surface area contributed by atoms with Crippen molar-refractivity contribution in [3.8, 4) is 34.1 Å². The summed E-state index contributed by atoms with van der Waals surface area (Å²) in [5.41, 5.74) is 2.10. The van der Waals surface area contributed by atoms with Crippen molar-refractivity contribution in [2.75, 3.05) is 26.4 Å². The molecule has 0 aromatic heterocycles. The molecule has 286 valence electrons. The van der Waals surface area contributed by atoms with Crippen molar-refractivity contribution in [2.24, 2.45) is 0 Å². The number of unbranched alkanes of at least 4 members (excludes halogenated alkanes) is 20. The van der Waals surface area contributed by atoms with Gasteiger partial charge in [-0.2, -0.15) is 0 Å². The number of hydrogen-bond donors (Lipinski definition) is 0. The number of rotatable bonds is 33. The molecular weight excluding hydrogens is 752 g/mol. The highest BCUT2D eigenvalue weighted by Gasteiger charge is 2.18. The standard InChI is InChI=1S/C44H72Br2O4/c1-5-9-13-17-21-25-29-47-41-33-37(39(45)35-43(41)49-31-27-23-19-15-11-7-3)38-34-42(48-30-26-22-18-14-10-6-2)44(36-40(38)46)50-32-28-24-20-16-12-8-4/h33-36H,5-32H2,1-4H3. The van der Waals surface area contributed by atoms with Crippen molar-refractivity contribution < 1.29 is 18.9 Å². The summed E-state index contributed by atoms with van der Waals surface area (Å²) in [6, 6.07) is 8.48. The van der Waals surface area contributed by atoms with Crippen LogP contribution in [-0.2, 0) is 0 Å². The van der Waals surface area contributed by atoms with E-state index in [0.717, 1.165) is 68.8 Å². The van der Waals surface area contributed by atoms with Crippen LogP contribution in [0, 0.1) is 0 Å². The van der Waals surface area contributed by atoms with Crippen molar-refractivity contribution >= 4 is 31.9 Å². The molecule has 0 aliphatic rings. The third-order valence-corrected chi connectivity index (χ3v) is 10.7. The van der Waals surface area contributed by atoms with E-state index in [-0.39, 0.29) is 0 Å². The van der Waals surface area contributed by atoms with E-state index in [1.54, 1.807) is 0 Å². The van der Waals surface area contributed by atoms with E-state index in [1.807, 2.05) is 0 Å². The van der Waals surface area contributed by atoms with Crippen molar-refractivity contribution in [1.29, 1.82) is 0 Å². The molecule has 50 heavy (non-hydrogen) atoms. The van der Waals surface area contributed by atoms with Crippen LogP contribution in [0.5, 0.6) is 23.0 Å². The van der Waals surface area contributed by atoms with E-state index in [2.05, 4.69) is 83.8 Å². The molecule has 6 heteroatoms. The third kappa shape index (κ3) is 19.4. The van der Waals surface area contributed by atoms with Crippen LogP contribution in [0.3, 0.4) is 0 Å². The number of ether oxygens (including phenoxy) is 4. The van der Waals surface area contributed by atoms with Gasteiger partial charge in [0.1, 0.15) is 0 Å². The van der Waals surface area contributed by atoms with Crippen LogP contribution >= 0.6 is 31.9 Å². The van der Waals surface area contributed by atoms with Crippen LogP contribution < -0.4 is 18.9 Å². The third-order valence-electron chi connectivity index (χ3n) is 9.38. The smallest absolute Gasteiger partial charge is 0.162 e. The normalized spacial score (nSPS) is 11.2. The van der Waals surface area contributed by atoms with Crippen LogP contribution in [0.25, 0.3) is 11.1 Å². The molecule has 0 radical (unpaired) electrons. The zero-order chi connectivity index (χ0) is 36.1. The van der Waals surface area contributed by atoms with Crippen molar-refractivity contribution in [2.45, 2.75) is 182 Å². The maximum atomic E-state index is 6.47. The van der Waals surface area contributed by atoms with Crippen molar-refractivity contribution in [3.63, 3.8) is 0 Å². The number of benzene rings is 2. The Kier molecular flexibility index (Phi) is 26.9. The number of halogens is 2. The van der Waals surface area contributed by atoms with E-state index in [1.165, 1.54) is 128 Å². The van der Waals surface area contributed by atoms with Gasteiger partial charge in [0.05, 0.1) is 26.4 Å². The molecule has 0 saturated carbocycles. The Hall–Kier alpha value is -1.40. The summed E-state index contributed by atoms with van der Waals surface area (Å²) in [4.78, 5) is 0. The Morgan fingerprint density at radius 1 is 0.320 bits per heavy atom. The monoisotopic (exact) mass is 822 g/mol. The van der Waals surface area contributed by atoms with Gasteiger partial charge >= 0.3 is 0 Å². The Morgan fingerprint density at radius 2 is 0.540 bits per heavy atom. The number of hydrogen-bond acceptors (Lipinski definition) is 4. The van der Waals surface area contributed by atoms with Crippen LogP contribution in [0.4, 0.5) is 0 Å². The minimum absolute atomic E-state index is 0.694. The van der Waals surface area contributed by atoms with Gasteiger partial charge in [0.25, 0.3) is 0 Å². The van der Waals surface area contributed by atoms with Crippen molar-refractivity contribution in [3.05, 3.63) is 33.2 Å². The fourth-order valence-corrected chi connectivity index (χ4v) is 7.26.